The first-order valence-electron chi connectivity index (χ1n) is 11.9. The number of nitrogens with zero attached hydrogens (tertiary/aromatic N) is 1. The molecule has 6 rings (SSSR count). The van der Waals surface area contributed by atoms with Crippen molar-refractivity contribution in [2.45, 2.75) is 57.8 Å². The van der Waals surface area contributed by atoms with Gasteiger partial charge in [0.2, 0.25) is 5.91 Å². The van der Waals surface area contributed by atoms with Gasteiger partial charge in [-0.15, -0.1) is 0 Å². The van der Waals surface area contributed by atoms with Crippen LogP contribution in [0.3, 0.4) is 0 Å². The molecule has 3 nitrogen and oxygen atoms in total. The van der Waals surface area contributed by atoms with E-state index in [-0.39, 0.29) is 17.0 Å². The Hall–Kier alpha value is -1.49. The molecular weight excluding hydrogens is 382 g/mol. The van der Waals surface area contributed by atoms with Crippen LogP contribution in [0.2, 0.25) is 0 Å². The molecule has 4 saturated carbocycles. The lowest BCUT2D eigenvalue weighted by Gasteiger charge is -2.55. The van der Waals surface area contributed by atoms with Gasteiger partial charge >= 0.3 is 0 Å². The molecule has 1 amide bonds. The monoisotopic (exact) mass is 416 g/mol. The van der Waals surface area contributed by atoms with E-state index in [1.54, 1.807) is 0 Å². The molecule has 4 bridgehead atoms. The minimum absolute atomic E-state index is 0.0588. The Kier molecular flexibility index (Phi) is 5.59. The minimum Gasteiger partial charge on any atom is -0.354 e. The fraction of sp³-hybridized carbons (Fsp3) is 0.720. The number of hydrogen-bond donors (Lipinski definition) is 1. The number of halogens is 2. The molecule has 30 heavy (non-hydrogen) atoms. The van der Waals surface area contributed by atoms with Gasteiger partial charge in [-0.1, -0.05) is 0 Å². The Morgan fingerprint density at radius 2 is 1.67 bits per heavy atom. The van der Waals surface area contributed by atoms with Crippen LogP contribution < -0.4 is 5.32 Å². The van der Waals surface area contributed by atoms with Crippen LogP contribution in [0.15, 0.2) is 18.2 Å². The maximum atomic E-state index is 13.9. The molecule has 1 saturated heterocycles. The van der Waals surface area contributed by atoms with E-state index in [2.05, 4.69) is 10.2 Å². The van der Waals surface area contributed by atoms with Gasteiger partial charge in [-0.3, -0.25) is 4.79 Å². The number of rotatable bonds is 6. The molecule has 5 aliphatic rings. The lowest BCUT2D eigenvalue weighted by Crippen LogP contribution is -2.54. The van der Waals surface area contributed by atoms with Gasteiger partial charge in [0.1, 0.15) is 11.6 Å². The van der Waals surface area contributed by atoms with E-state index in [0.717, 1.165) is 76.0 Å². The van der Waals surface area contributed by atoms with E-state index < -0.39 is 0 Å². The largest absolute Gasteiger partial charge is 0.354 e. The molecule has 164 valence electrons. The standard InChI is InChI=1S/C25H34F2N2O/c26-22-1-2-23(27)21(13-22)12-17-3-6-29(7-4-17)8-5-28-24(30)25-14-18-9-19(15-25)11-20(10-18)16-25/h1-2,13,17-20H,3-12,14-16H2,(H,28,30). The van der Waals surface area contributed by atoms with E-state index in [1.807, 2.05) is 0 Å². The SMILES string of the molecule is O=C(NCCN1CCC(Cc2cc(F)ccc2F)CC1)C12CC3CC(CC(C3)C1)C2. The van der Waals surface area contributed by atoms with E-state index in [0.29, 0.717) is 23.8 Å². The van der Waals surface area contributed by atoms with Gasteiger partial charge < -0.3 is 10.2 Å². The molecule has 0 unspecified atom stereocenters. The summed E-state index contributed by atoms with van der Waals surface area (Å²) in [7, 11) is 0. The molecule has 4 aliphatic carbocycles. The summed E-state index contributed by atoms with van der Waals surface area (Å²) in [6.45, 7) is 3.55. The maximum absolute atomic E-state index is 13.9. The molecular formula is C25H34F2N2O. The van der Waals surface area contributed by atoms with Gasteiger partial charge in [-0.25, -0.2) is 8.78 Å². The predicted molar refractivity (Wildman–Crippen MR) is 113 cm³/mol. The number of nitrogens with one attached hydrogen (secondary N) is 1. The molecule has 0 spiro atoms. The number of likely N-dealkylation sites (tertiary alicyclic amines) is 1. The van der Waals surface area contributed by atoms with Crippen LogP contribution >= 0.6 is 0 Å². The van der Waals surface area contributed by atoms with Gasteiger partial charge in [-0.05, 0) is 118 Å². The molecule has 1 aliphatic heterocycles. The highest BCUT2D eigenvalue weighted by atomic mass is 19.1. The normalized spacial score (nSPS) is 33.7. The third kappa shape index (κ3) is 4.15. The van der Waals surface area contributed by atoms with E-state index in [1.165, 1.54) is 37.5 Å². The Labute approximate surface area is 178 Å². The predicted octanol–water partition coefficient (Wildman–Crippen LogP) is 4.55. The second-order valence-electron chi connectivity index (χ2n) is 10.7. The van der Waals surface area contributed by atoms with Crippen molar-refractivity contribution < 1.29 is 13.6 Å². The molecule has 5 fully saturated rings. The van der Waals surface area contributed by atoms with E-state index >= 15 is 0 Å². The zero-order valence-electron chi connectivity index (χ0n) is 17.8. The smallest absolute Gasteiger partial charge is 0.226 e. The number of hydrogen-bond acceptors (Lipinski definition) is 2. The summed E-state index contributed by atoms with van der Waals surface area (Å²) in [5.41, 5.74) is 0.438. The van der Waals surface area contributed by atoms with Crippen molar-refractivity contribution in [3.05, 3.63) is 35.4 Å². The quantitative estimate of drug-likeness (QED) is 0.738. The minimum atomic E-state index is -0.362. The van der Waals surface area contributed by atoms with Gasteiger partial charge in [0.15, 0.2) is 0 Å². The lowest BCUT2D eigenvalue weighted by atomic mass is 9.49. The first kappa shape index (κ1) is 20.4. The summed E-state index contributed by atoms with van der Waals surface area (Å²) in [5.74, 6) is 2.44. The lowest BCUT2D eigenvalue weighted by molar-refractivity contribution is -0.146. The Morgan fingerprint density at radius 1 is 1.03 bits per heavy atom. The van der Waals surface area contributed by atoms with Crippen LogP contribution in [0.4, 0.5) is 8.78 Å². The summed E-state index contributed by atoms with van der Waals surface area (Å²) >= 11 is 0. The van der Waals surface area contributed by atoms with Crippen molar-refractivity contribution in [3.8, 4) is 0 Å². The van der Waals surface area contributed by atoms with Crippen molar-refractivity contribution in [2.75, 3.05) is 26.2 Å². The van der Waals surface area contributed by atoms with Crippen LogP contribution in [0.5, 0.6) is 0 Å². The average molecular weight is 417 g/mol. The highest BCUT2D eigenvalue weighted by Crippen LogP contribution is 2.60. The van der Waals surface area contributed by atoms with Crippen LogP contribution in [-0.2, 0) is 11.2 Å². The number of piperidine rings is 1. The van der Waals surface area contributed by atoms with Gasteiger partial charge in [0.25, 0.3) is 0 Å². The molecule has 1 aromatic carbocycles. The third-order valence-corrected chi connectivity index (χ3v) is 8.46. The Balaban J connectivity index is 1.06. The highest BCUT2D eigenvalue weighted by Gasteiger charge is 2.54. The Morgan fingerprint density at radius 3 is 2.30 bits per heavy atom. The summed E-state index contributed by atoms with van der Waals surface area (Å²) in [6.07, 6.45) is 10.0. The molecule has 5 heteroatoms. The first-order chi connectivity index (χ1) is 14.5. The molecule has 0 radical (unpaired) electrons. The van der Waals surface area contributed by atoms with Gasteiger partial charge in [-0.2, -0.15) is 0 Å². The van der Waals surface area contributed by atoms with Crippen molar-refractivity contribution >= 4 is 5.91 Å². The zero-order valence-corrected chi connectivity index (χ0v) is 17.8. The topological polar surface area (TPSA) is 32.3 Å². The summed E-state index contributed by atoms with van der Waals surface area (Å²) < 4.78 is 27.3. The van der Waals surface area contributed by atoms with Crippen LogP contribution in [0, 0.1) is 40.7 Å². The number of carbonyl (C=O) groups excluding carboxylic acids is 1. The number of benzene rings is 1. The number of amides is 1. The van der Waals surface area contributed by atoms with Crippen LogP contribution in [-0.4, -0.2) is 37.0 Å². The van der Waals surface area contributed by atoms with Crippen molar-refractivity contribution in [2.24, 2.45) is 29.1 Å². The fourth-order valence-corrected chi connectivity index (χ4v) is 7.33. The van der Waals surface area contributed by atoms with E-state index in [9.17, 15) is 13.6 Å². The molecule has 0 atom stereocenters. The summed E-state index contributed by atoms with van der Waals surface area (Å²) in [6, 6.07) is 3.74. The fourth-order valence-electron chi connectivity index (χ4n) is 7.33. The second kappa shape index (κ2) is 8.22. The second-order valence-corrected chi connectivity index (χ2v) is 10.7. The Bertz CT molecular complexity index is 752. The van der Waals surface area contributed by atoms with Crippen molar-refractivity contribution in [3.63, 3.8) is 0 Å². The first-order valence-corrected chi connectivity index (χ1v) is 11.9. The summed E-state index contributed by atoms with van der Waals surface area (Å²) in [5, 5.41) is 3.28. The highest BCUT2D eigenvalue weighted by molar-refractivity contribution is 5.83. The van der Waals surface area contributed by atoms with Crippen LogP contribution in [0.25, 0.3) is 0 Å². The van der Waals surface area contributed by atoms with E-state index in [4.69, 9.17) is 0 Å². The van der Waals surface area contributed by atoms with Gasteiger partial charge in [0, 0.05) is 18.5 Å². The van der Waals surface area contributed by atoms with Crippen molar-refractivity contribution in [1.82, 2.24) is 10.2 Å². The number of carbonyl (C=O) groups is 1. The maximum Gasteiger partial charge on any atom is 0.226 e. The van der Waals surface area contributed by atoms with Gasteiger partial charge in [0.05, 0.1) is 0 Å². The summed E-state index contributed by atoms with van der Waals surface area (Å²) in [4.78, 5) is 15.5. The zero-order chi connectivity index (χ0) is 20.7. The average Bonchev–Trinajstić information content (AvgIpc) is 2.71. The molecule has 1 aromatic rings. The van der Waals surface area contributed by atoms with Crippen LogP contribution in [0.1, 0.15) is 56.9 Å². The van der Waals surface area contributed by atoms with Crippen molar-refractivity contribution in [1.29, 1.82) is 0 Å². The molecule has 1 N–H and O–H groups in total. The molecule has 1 heterocycles. The third-order valence-electron chi connectivity index (χ3n) is 8.46. The molecule has 0 aromatic heterocycles.